The largest absolute Gasteiger partial charge is 0.477 e. The van der Waals surface area contributed by atoms with Crippen molar-refractivity contribution in [2.24, 2.45) is 0 Å². The topological polar surface area (TPSA) is 55.8 Å². The Morgan fingerprint density at radius 1 is 0.455 bits per heavy atom. The van der Waals surface area contributed by atoms with Gasteiger partial charge in [-0.15, -0.1) is 0 Å². The van der Waals surface area contributed by atoms with Crippen LogP contribution in [0.2, 0.25) is 0 Å². The number of alkyl halides is 19. The van der Waals surface area contributed by atoms with E-state index in [1.807, 2.05) is 0 Å². The Hall–Kier alpha value is -1.94. The predicted molar refractivity (Wildman–Crippen MR) is 55.4 cm³/mol. The van der Waals surface area contributed by atoms with E-state index in [1.54, 1.807) is 0 Å². The van der Waals surface area contributed by atoms with Gasteiger partial charge in [0.05, 0.1) is 0 Å². The molecule has 0 aliphatic carbocycles. The fourth-order valence-corrected chi connectivity index (χ4v) is 1.25. The van der Waals surface area contributed by atoms with Gasteiger partial charge in [0.25, 0.3) is 0 Å². The van der Waals surface area contributed by atoms with E-state index in [0.29, 0.717) is 0 Å². The zero-order valence-electron chi connectivity index (χ0n) is 13.9. The summed E-state index contributed by atoms with van der Waals surface area (Å²) in [6.45, 7) is 0. The summed E-state index contributed by atoms with van der Waals surface area (Å²) in [4.78, 5) is 9.81. The van der Waals surface area contributed by atoms with Gasteiger partial charge < -0.3 is 5.11 Å². The monoisotopic (exact) mass is 546 g/mol. The van der Waals surface area contributed by atoms with Crippen molar-refractivity contribution in [3.8, 4) is 0 Å². The van der Waals surface area contributed by atoms with E-state index in [9.17, 15) is 88.2 Å². The summed E-state index contributed by atoms with van der Waals surface area (Å²) >= 11 is 0. The molecule has 1 N–H and O–H groups in total. The molecule has 4 nitrogen and oxygen atoms in total. The van der Waals surface area contributed by atoms with Gasteiger partial charge in [-0.25, -0.2) is 14.3 Å². The molecular formula is C10HF19O4. The van der Waals surface area contributed by atoms with Crippen LogP contribution in [-0.4, -0.2) is 65.4 Å². The van der Waals surface area contributed by atoms with Crippen LogP contribution in [-0.2, 0) is 14.3 Å². The van der Waals surface area contributed by atoms with E-state index in [4.69, 9.17) is 5.11 Å². The van der Waals surface area contributed by atoms with E-state index in [0.717, 1.165) is 4.74 Å². The Bertz CT molecular complexity index is 737. The highest BCUT2D eigenvalue weighted by atomic mass is 19.4. The number of aliphatic carboxylic acids is 1. The second kappa shape index (κ2) is 7.80. The molecule has 0 bridgehead atoms. The Labute approximate surface area is 164 Å². The van der Waals surface area contributed by atoms with E-state index >= 15 is 0 Å². The molecule has 0 aromatic rings. The van der Waals surface area contributed by atoms with Crippen molar-refractivity contribution in [2.45, 2.75) is 54.3 Å². The molecule has 0 saturated carbocycles. The van der Waals surface area contributed by atoms with Gasteiger partial charge in [0.15, 0.2) is 0 Å². The fraction of sp³-hybridized carbons (Fsp3) is 0.900. The lowest BCUT2D eigenvalue weighted by Crippen LogP contribution is -2.68. The molecule has 0 radical (unpaired) electrons. The van der Waals surface area contributed by atoms with Gasteiger partial charge in [-0.3, -0.25) is 0 Å². The van der Waals surface area contributed by atoms with Crippen molar-refractivity contribution in [1.29, 1.82) is 0 Å². The third-order valence-electron chi connectivity index (χ3n) is 3.00. The lowest BCUT2D eigenvalue weighted by molar-refractivity contribution is -0.550. The number of carboxylic acids is 1. The third-order valence-corrected chi connectivity index (χ3v) is 3.00. The zero-order chi connectivity index (χ0) is 27.5. The zero-order valence-corrected chi connectivity index (χ0v) is 13.9. The van der Waals surface area contributed by atoms with Gasteiger partial charge in [-0.2, -0.15) is 83.4 Å². The number of ether oxygens (including phenoxy) is 2. The first-order valence-corrected chi connectivity index (χ1v) is 6.58. The minimum atomic E-state index is -8.49. The molecule has 0 aromatic heterocycles. The first-order valence-electron chi connectivity index (χ1n) is 6.58. The van der Waals surface area contributed by atoms with Crippen LogP contribution in [0.15, 0.2) is 0 Å². The first kappa shape index (κ1) is 31.1. The van der Waals surface area contributed by atoms with Gasteiger partial charge in [-0.1, -0.05) is 0 Å². The maximum atomic E-state index is 13.0. The van der Waals surface area contributed by atoms with Crippen LogP contribution in [0, 0.1) is 0 Å². The van der Waals surface area contributed by atoms with Crippen LogP contribution >= 0.6 is 0 Å². The lowest BCUT2D eigenvalue weighted by atomic mass is 10.0. The van der Waals surface area contributed by atoms with Crippen molar-refractivity contribution in [2.75, 3.05) is 0 Å². The molecule has 33 heavy (non-hydrogen) atoms. The lowest BCUT2D eigenvalue weighted by Gasteiger charge is -2.38. The van der Waals surface area contributed by atoms with Crippen molar-refractivity contribution < 1.29 is 103 Å². The maximum absolute atomic E-state index is 13.0. The minimum absolute atomic E-state index is 1.07. The van der Waals surface area contributed by atoms with E-state index in [2.05, 4.69) is 0 Å². The van der Waals surface area contributed by atoms with E-state index in [1.165, 1.54) is 4.74 Å². The quantitative estimate of drug-likeness (QED) is 0.364. The molecule has 0 aliphatic rings. The van der Waals surface area contributed by atoms with Crippen LogP contribution in [0.25, 0.3) is 0 Å². The van der Waals surface area contributed by atoms with Crippen LogP contribution in [0.4, 0.5) is 83.4 Å². The van der Waals surface area contributed by atoms with Gasteiger partial charge in [-0.05, 0) is 0 Å². The Morgan fingerprint density at radius 3 is 1.03 bits per heavy atom. The van der Waals surface area contributed by atoms with Crippen molar-refractivity contribution in [3.63, 3.8) is 0 Å². The second-order valence-electron chi connectivity index (χ2n) is 5.37. The normalized spacial score (nSPS) is 16.2. The summed E-state index contributed by atoms with van der Waals surface area (Å²) in [6, 6.07) is 0. The van der Waals surface area contributed by atoms with Gasteiger partial charge in [0.2, 0.25) is 0 Å². The summed E-state index contributed by atoms with van der Waals surface area (Å²) in [5, 5.41) is 7.66. The number of hydrogen-bond donors (Lipinski definition) is 1. The highest BCUT2D eigenvalue weighted by molar-refractivity contribution is 5.76. The van der Waals surface area contributed by atoms with Crippen LogP contribution in [0.1, 0.15) is 0 Å². The number of hydrogen-bond acceptors (Lipinski definition) is 3. The van der Waals surface area contributed by atoms with Crippen LogP contribution in [0.3, 0.4) is 0 Å². The Kier molecular flexibility index (Phi) is 7.34. The summed E-state index contributed by atoms with van der Waals surface area (Å²) in [5.74, 6) is -36.1. The molecule has 0 saturated heterocycles. The molecule has 0 spiro atoms. The summed E-state index contributed by atoms with van der Waals surface area (Å²) in [7, 11) is 0. The minimum Gasteiger partial charge on any atom is -0.477 e. The summed E-state index contributed by atoms with van der Waals surface area (Å²) in [6.07, 6.45) is -39.1. The Morgan fingerprint density at radius 2 is 0.758 bits per heavy atom. The molecule has 0 rings (SSSR count). The summed E-state index contributed by atoms with van der Waals surface area (Å²) < 4.78 is 243. The highest BCUT2D eigenvalue weighted by Gasteiger charge is 2.89. The SMILES string of the molecule is O=C(O)C(F)(F)C(F)(F)OC(F)(F)C(F)(F)OC(F)(F)C(F)(F)C(F)(F)C(F)(F)C(F)(F)F. The van der Waals surface area contributed by atoms with Crippen LogP contribution < -0.4 is 0 Å². The van der Waals surface area contributed by atoms with E-state index in [-0.39, 0.29) is 0 Å². The van der Waals surface area contributed by atoms with Gasteiger partial charge in [0, 0.05) is 0 Å². The average molecular weight is 546 g/mol. The average Bonchev–Trinajstić information content (AvgIpc) is 2.50. The predicted octanol–water partition coefficient (Wildman–Crippen LogP) is 5.58. The molecule has 0 aliphatic heterocycles. The van der Waals surface area contributed by atoms with Crippen molar-refractivity contribution >= 4 is 5.97 Å². The first-order chi connectivity index (χ1) is 13.9. The van der Waals surface area contributed by atoms with E-state index < -0.39 is 60.3 Å². The smallest absolute Gasteiger partial charge is 0.460 e. The van der Waals surface area contributed by atoms with Gasteiger partial charge >= 0.3 is 60.3 Å². The second-order valence-corrected chi connectivity index (χ2v) is 5.37. The Balaban J connectivity index is 6.29. The molecule has 0 atom stereocenters. The molecule has 0 amide bonds. The molecular weight excluding hydrogens is 545 g/mol. The molecule has 0 unspecified atom stereocenters. The van der Waals surface area contributed by atoms with Gasteiger partial charge in [0.1, 0.15) is 0 Å². The van der Waals surface area contributed by atoms with Crippen LogP contribution in [0.5, 0.6) is 0 Å². The molecule has 0 fully saturated rings. The molecule has 23 heteroatoms. The highest BCUT2D eigenvalue weighted by Crippen LogP contribution is 2.59. The number of carboxylic acid groups (broad SMARTS) is 1. The fourth-order valence-electron chi connectivity index (χ4n) is 1.25. The van der Waals surface area contributed by atoms with Crippen molar-refractivity contribution in [3.05, 3.63) is 0 Å². The number of rotatable bonds is 10. The molecule has 0 heterocycles. The maximum Gasteiger partial charge on any atom is 0.460 e. The standard InChI is InChI=1S/C10HF19O4/c11-2(12,1(30)31)7(22,23)32-9(26,27)10(28,29)33-8(24,25)5(17,18)3(13,14)4(15,16)6(19,20)21/h(H,30,31). The summed E-state index contributed by atoms with van der Waals surface area (Å²) in [5.41, 5.74) is 0. The molecule has 198 valence electrons. The molecule has 0 aromatic carbocycles. The number of halogens is 19. The third kappa shape index (κ3) is 4.82. The number of carbonyl (C=O) groups is 1. The van der Waals surface area contributed by atoms with Crippen molar-refractivity contribution in [1.82, 2.24) is 0 Å².